The van der Waals surface area contributed by atoms with E-state index in [0.29, 0.717) is 0 Å². The van der Waals surface area contributed by atoms with E-state index in [1.807, 2.05) is 0 Å². The van der Waals surface area contributed by atoms with Crippen molar-refractivity contribution in [3.8, 4) is 0 Å². The highest BCUT2D eigenvalue weighted by Crippen LogP contribution is 2.02. The third-order valence-corrected chi connectivity index (χ3v) is 2.80. The second-order valence-corrected chi connectivity index (χ2v) is 4.25. The summed E-state index contributed by atoms with van der Waals surface area (Å²) < 4.78 is 2.30. The Labute approximate surface area is 106 Å². The van der Waals surface area contributed by atoms with E-state index in [9.17, 15) is 0 Å². The lowest BCUT2D eigenvalue weighted by atomic mass is 10.1. The molecule has 0 fully saturated rings. The SMILES string of the molecule is CCCCC[n+]1ccc(CCCC)cc1.[Cl-]. The quantitative estimate of drug-likeness (QED) is 0.484. The topological polar surface area (TPSA) is 3.88 Å². The van der Waals surface area contributed by atoms with Crippen LogP contribution in [0.25, 0.3) is 0 Å². The molecule has 0 spiro atoms. The van der Waals surface area contributed by atoms with Gasteiger partial charge in [-0.05, 0) is 24.8 Å². The average molecular weight is 242 g/mol. The van der Waals surface area contributed by atoms with Crippen LogP contribution in [0.1, 0.15) is 51.5 Å². The zero-order chi connectivity index (χ0) is 10.9. The van der Waals surface area contributed by atoms with Gasteiger partial charge in [0.05, 0.1) is 0 Å². The van der Waals surface area contributed by atoms with Gasteiger partial charge in [0.15, 0.2) is 12.4 Å². The minimum Gasteiger partial charge on any atom is -1.00 e. The van der Waals surface area contributed by atoms with E-state index in [1.165, 1.54) is 50.6 Å². The van der Waals surface area contributed by atoms with Crippen molar-refractivity contribution >= 4 is 0 Å². The predicted molar refractivity (Wildman–Crippen MR) is 64.8 cm³/mol. The van der Waals surface area contributed by atoms with Crippen LogP contribution in [0.5, 0.6) is 0 Å². The van der Waals surface area contributed by atoms with Gasteiger partial charge in [-0.25, -0.2) is 4.57 Å². The Hall–Kier alpha value is -0.560. The molecule has 0 aliphatic carbocycles. The van der Waals surface area contributed by atoms with E-state index in [-0.39, 0.29) is 12.4 Å². The molecule has 1 nitrogen and oxygen atoms in total. The molecule has 0 saturated heterocycles. The van der Waals surface area contributed by atoms with Crippen molar-refractivity contribution in [1.82, 2.24) is 0 Å². The van der Waals surface area contributed by atoms with Gasteiger partial charge < -0.3 is 12.4 Å². The van der Waals surface area contributed by atoms with Crippen LogP contribution in [0, 0.1) is 0 Å². The predicted octanol–water partition coefficient (Wildman–Crippen LogP) is 0.511. The molecule has 0 radical (unpaired) electrons. The third-order valence-electron chi connectivity index (χ3n) is 2.80. The van der Waals surface area contributed by atoms with Crippen molar-refractivity contribution in [2.24, 2.45) is 0 Å². The molecule has 0 aliphatic rings. The number of hydrogen-bond acceptors (Lipinski definition) is 0. The molecule has 0 saturated carbocycles. The van der Waals surface area contributed by atoms with Crippen LogP contribution in [0.3, 0.4) is 0 Å². The first-order valence-electron chi connectivity index (χ1n) is 6.34. The zero-order valence-corrected chi connectivity index (χ0v) is 11.3. The van der Waals surface area contributed by atoms with E-state index in [0.717, 1.165) is 0 Å². The maximum atomic E-state index is 2.30. The van der Waals surface area contributed by atoms with Gasteiger partial charge in [0.25, 0.3) is 0 Å². The van der Waals surface area contributed by atoms with Gasteiger partial charge in [0.2, 0.25) is 0 Å². The molecule has 1 aromatic rings. The smallest absolute Gasteiger partial charge is 0.169 e. The highest BCUT2D eigenvalue weighted by atomic mass is 35.5. The zero-order valence-electron chi connectivity index (χ0n) is 10.6. The second kappa shape index (κ2) is 9.65. The third kappa shape index (κ3) is 6.12. The summed E-state index contributed by atoms with van der Waals surface area (Å²) in [5.41, 5.74) is 1.48. The molecule has 0 N–H and O–H groups in total. The number of unbranched alkanes of at least 4 members (excludes halogenated alkanes) is 3. The number of aryl methyl sites for hydroxylation is 2. The first-order valence-corrected chi connectivity index (χ1v) is 6.34. The van der Waals surface area contributed by atoms with Crippen LogP contribution in [-0.4, -0.2) is 0 Å². The van der Waals surface area contributed by atoms with Gasteiger partial charge in [-0.1, -0.05) is 26.7 Å². The molecule has 1 rings (SSSR count). The Morgan fingerprint density at radius 1 is 0.938 bits per heavy atom. The maximum absolute atomic E-state index is 2.30. The highest BCUT2D eigenvalue weighted by Gasteiger charge is 1.99. The van der Waals surface area contributed by atoms with Gasteiger partial charge in [0.1, 0.15) is 6.54 Å². The van der Waals surface area contributed by atoms with Crippen LogP contribution < -0.4 is 17.0 Å². The lowest BCUT2D eigenvalue weighted by Gasteiger charge is -1.99. The van der Waals surface area contributed by atoms with Crippen LogP contribution in [-0.2, 0) is 13.0 Å². The molecule has 0 amide bonds. The summed E-state index contributed by atoms with van der Waals surface area (Å²) in [4.78, 5) is 0. The monoisotopic (exact) mass is 241 g/mol. The number of aromatic nitrogens is 1. The van der Waals surface area contributed by atoms with Gasteiger partial charge in [-0.2, -0.15) is 0 Å². The molecule has 0 bridgehead atoms. The number of rotatable bonds is 7. The molecule has 2 heteroatoms. The fourth-order valence-corrected chi connectivity index (χ4v) is 1.73. The summed E-state index contributed by atoms with van der Waals surface area (Å²) >= 11 is 0. The normalized spacial score (nSPS) is 9.88. The Morgan fingerprint density at radius 3 is 2.12 bits per heavy atom. The lowest BCUT2D eigenvalue weighted by Crippen LogP contribution is -3.00. The van der Waals surface area contributed by atoms with Crippen molar-refractivity contribution in [2.45, 2.75) is 58.9 Å². The first kappa shape index (κ1) is 15.4. The second-order valence-electron chi connectivity index (χ2n) is 4.25. The van der Waals surface area contributed by atoms with Crippen LogP contribution in [0.15, 0.2) is 24.5 Å². The van der Waals surface area contributed by atoms with Crippen molar-refractivity contribution in [3.63, 3.8) is 0 Å². The molecule has 16 heavy (non-hydrogen) atoms. The molecule has 1 heterocycles. The minimum atomic E-state index is 0. The maximum Gasteiger partial charge on any atom is 0.169 e. The van der Waals surface area contributed by atoms with Crippen LogP contribution in [0.4, 0.5) is 0 Å². The summed E-state index contributed by atoms with van der Waals surface area (Å²) in [6, 6.07) is 4.53. The van der Waals surface area contributed by atoms with E-state index in [1.54, 1.807) is 0 Å². The van der Waals surface area contributed by atoms with Crippen molar-refractivity contribution in [3.05, 3.63) is 30.1 Å². The summed E-state index contributed by atoms with van der Waals surface area (Å²) in [5, 5.41) is 0. The minimum absolute atomic E-state index is 0. The molecular formula is C14H24ClN. The summed E-state index contributed by atoms with van der Waals surface area (Å²) in [5.74, 6) is 0. The van der Waals surface area contributed by atoms with E-state index in [2.05, 4.69) is 42.9 Å². The number of hydrogen-bond donors (Lipinski definition) is 0. The summed E-state index contributed by atoms with van der Waals surface area (Å²) in [6.07, 6.45) is 12.2. The number of pyridine rings is 1. The fraction of sp³-hybridized carbons (Fsp3) is 0.643. The Bertz CT molecular complexity index is 256. The van der Waals surface area contributed by atoms with Crippen molar-refractivity contribution in [2.75, 3.05) is 0 Å². The first-order chi connectivity index (χ1) is 7.36. The Kier molecular flexibility index (Phi) is 9.31. The fourth-order valence-electron chi connectivity index (χ4n) is 1.73. The Morgan fingerprint density at radius 2 is 1.56 bits per heavy atom. The standard InChI is InChI=1S/C14H24N.ClH/c1-3-5-7-11-15-12-9-14(10-13-15)8-6-4-2;/h9-10,12-13H,3-8,11H2,1-2H3;1H/q+1;/p-1. The van der Waals surface area contributed by atoms with Gasteiger partial charge >= 0.3 is 0 Å². The molecular weight excluding hydrogens is 218 g/mol. The lowest BCUT2D eigenvalue weighted by molar-refractivity contribution is -0.697. The number of halogens is 1. The van der Waals surface area contributed by atoms with Crippen molar-refractivity contribution in [1.29, 1.82) is 0 Å². The highest BCUT2D eigenvalue weighted by molar-refractivity contribution is 5.06. The Balaban J connectivity index is 0.00000225. The molecule has 0 unspecified atom stereocenters. The largest absolute Gasteiger partial charge is 1.00 e. The van der Waals surface area contributed by atoms with Crippen molar-refractivity contribution < 1.29 is 17.0 Å². The van der Waals surface area contributed by atoms with E-state index < -0.39 is 0 Å². The number of nitrogens with zero attached hydrogens (tertiary/aromatic N) is 1. The van der Waals surface area contributed by atoms with E-state index in [4.69, 9.17) is 0 Å². The van der Waals surface area contributed by atoms with Crippen LogP contribution >= 0.6 is 0 Å². The van der Waals surface area contributed by atoms with E-state index >= 15 is 0 Å². The average Bonchev–Trinajstić information content (AvgIpc) is 2.28. The summed E-state index contributed by atoms with van der Waals surface area (Å²) in [6.45, 7) is 5.66. The van der Waals surface area contributed by atoms with Gasteiger partial charge in [-0.15, -0.1) is 0 Å². The van der Waals surface area contributed by atoms with Gasteiger partial charge in [-0.3, -0.25) is 0 Å². The molecule has 0 aromatic carbocycles. The van der Waals surface area contributed by atoms with Gasteiger partial charge in [0, 0.05) is 18.6 Å². The molecule has 0 aliphatic heterocycles. The summed E-state index contributed by atoms with van der Waals surface area (Å²) in [7, 11) is 0. The molecule has 1 aromatic heterocycles. The molecule has 92 valence electrons. The molecule has 0 atom stereocenters. The van der Waals surface area contributed by atoms with Crippen LogP contribution in [0.2, 0.25) is 0 Å².